The van der Waals surface area contributed by atoms with Gasteiger partial charge in [-0.15, -0.1) is 0 Å². The Hall–Kier alpha value is -3.43. The van der Waals surface area contributed by atoms with Crippen molar-refractivity contribution in [3.05, 3.63) is 87.5 Å². The van der Waals surface area contributed by atoms with E-state index in [2.05, 4.69) is 10.0 Å². The number of aryl methyl sites for hydroxylation is 2. The molecule has 4 aromatic rings. The molecule has 164 valence electrons. The summed E-state index contributed by atoms with van der Waals surface area (Å²) in [6, 6.07) is 18.6. The van der Waals surface area contributed by atoms with Crippen molar-refractivity contribution in [1.82, 2.24) is 4.57 Å². The van der Waals surface area contributed by atoms with E-state index in [1.807, 2.05) is 44.2 Å². The van der Waals surface area contributed by atoms with Crippen LogP contribution in [-0.2, 0) is 21.4 Å². The SMILES string of the molecule is Cc1ccc(NS(=O)(=O)c2ccc(NC(=O)Cn3c(=O)sc4ccccc43)cc2)c(C)c1. The zero-order valence-electron chi connectivity index (χ0n) is 17.5. The van der Waals surface area contributed by atoms with Crippen molar-refractivity contribution < 1.29 is 13.2 Å². The van der Waals surface area contributed by atoms with Gasteiger partial charge in [-0.25, -0.2) is 8.42 Å². The molecule has 1 aromatic heterocycles. The number of para-hydroxylation sites is 1. The number of sulfonamides is 1. The second-order valence-electron chi connectivity index (χ2n) is 7.42. The van der Waals surface area contributed by atoms with Crippen LogP contribution in [0.5, 0.6) is 0 Å². The third kappa shape index (κ3) is 4.58. The lowest BCUT2D eigenvalue weighted by Gasteiger charge is -2.12. The number of fused-ring (bicyclic) bond motifs is 1. The number of amides is 1. The number of hydrogen-bond acceptors (Lipinski definition) is 5. The number of carbonyl (C=O) groups is 1. The van der Waals surface area contributed by atoms with Gasteiger partial charge >= 0.3 is 4.87 Å². The molecule has 1 amide bonds. The number of anilines is 2. The van der Waals surface area contributed by atoms with Crippen molar-refractivity contribution in [1.29, 1.82) is 0 Å². The third-order valence-corrected chi connectivity index (χ3v) is 7.29. The van der Waals surface area contributed by atoms with Crippen LogP contribution in [0.15, 0.2) is 76.4 Å². The zero-order valence-corrected chi connectivity index (χ0v) is 19.1. The fourth-order valence-corrected chi connectivity index (χ4v) is 5.38. The van der Waals surface area contributed by atoms with Gasteiger partial charge in [-0.3, -0.25) is 18.9 Å². The molecular formula is C23H21N3O4S2. The minimum absolute atomic E-state index is 0.0792. The van der Waals surface area contributed by atoms with Gasteiger partial charge in [0.25, 0.3) is 10.0 Å². The summed E-state index contributed by atoms with van der Waals surface area (Å²) in [4.78, 5) is 24.5. The molecule has 0 atom stereocenters. The normalized spacial score (nSPS) is 11.4. The van der Waals surface area contributed by atoms with Crippen LogP contribution in [0.4, 0.5) is 11.4 Å². The molecule has 2 N–H and O–H groups in total. The maximum atomic E-state index is 12.7. The molecule has 0 aliphatic carbocycles. The lowest BCUT2D eigenvalue weighted by Crippen LogP contribution is -2.24. The number of nitrogens with one attached hydrogen (secondary N) is 2. The molecule has 3 aromatic carbocycles. The van der Waals surface area contributed by atoms with E-state index in [0.717, 1.165) is 27.2 Å². The highest BCUT2D eigenvalue weighted by Crippen LogP contribution is 2.22. The first-order valence-electron chi connectivity index (χ1n) is 9.81. The third-order valence-electron chi connectivity index (χ3n) is 4.95. The lowest BCUT2D eigenvalue weighted by molar-refractivity contribution is -0.116. The molecule has 0 spiro atoms. The Kier molecular flexibility index (Phi) is 5.86. The van der Waals surface area contributed by atoms with E-state index in [1.165, 1.54) is 28.8 Å². The van der Waals surface area contributed by atoms with E-state index in [0.29, 0.717) is 16.9 Å². The molecule has 0 fully saturated rings. The van der Waals surface area contributed by atoms with Gasteiger partial charge in [0.1, 0.15) is 6.54 Å². The number of nitrogens with zero attached hydrogens (tertiary/aromatic N) is 1. The fraction of sp³-hybridized carbons (Fsp3) is 0.130. The smallest absolute Gasteiger partial charge is 0.308 e. The average molecular weight is 468 g/mol. The highest BCUT2D eigenvalue weighted by atomic mass is 32.2. The predicted molar refractivity (Wildman–Crippen MR) is 128 cm³/mol. The number of benzene rings is 3. The van der Waals surface area contributed by atoms with Crippen LogP contribution in [0.25, 0.3) is 10.2 Å². The van der Waals surface area contributed by atoms with Gasteiger partial charge < -0.3 is 5.32 Å². The maximum Gasteiger partial charge on any atom is 0.308 e. The van der Waals surface area contributed by atoms with Crippen LogP contribution < -0.4 is 14.9 Å². The van der Waals surface area contributed by atoms with Gasteiger partial charge in [-0.05, 0) is 61.9 Å². The molecule has 0 aliphatic heterocycles. The van der Waals surface area contributed by atoms with Crippen LogP contribution in [0.2, 0.25) is 0 Å². The highest BCUT2D eigenvalue weighted by molar-refractivity contribution is 7.92. The van der Waals surface area contributed by atoms with E-state index in [4.69, 9.17) is 0 Å². The molecule has 9 heteroatoms. The summed E-state index contributed by atoms with van der Waals surface area (Å²) in [5, 5.41) is 2.71. The Morgan fingerprint density at radius 3 is 2.44 bits per heavy atom. The van der Waals surface area contributed by atoms with Crippen molar-refractivity contribution in [2.24, 2.45) is 0 Å². The summed E-state index contributed by atoms with van der Waals surface area (Å²) in [6.45, 7) is 3.65. The van der Waals surface area contributed by atoms with Crippen molar-refractivity contribution in [3.63, 3.8) is 0 Å². The van der Waals surface area contributed by atoms with Gasteiger partial charge in [0.15, 0.2) is 0 Å². The zero-order chi connectivity index (χ0) is 22.9. The Morgan fingerprint density at radius 1 is 1.00 bits per heavy atom. The van der Waals surface area contributed by atoms with Gasteiger partial charge in [0, 0.05) is 5.69 Å². The largest absolute Gasteiger partial charge is 0.325 e. The number of hydrogen-bond donors (Lipinski definition) is 2. The monoisotopic (exact) mass is 467 g/mol. The summed E-state index contributed by atoms with van der Waals surface area (Å²) >= 11 is 1.09. The summed E-state index contributed by atoms with van der Waals surface area (Å²) in [5.41, 5.74) is 3.53. The summed E-state index contributed by atoms with van der Waals surface area (Å²) < 4.78 is 30.2. The van der Waals surface area contributed by atoms with E-state index < -0.39 is 10.0 Å². The summed E-state index contributed by atoms with van der Waals surface area (Å²) in [7, 11) is -3.77. The van der Waals surface area contributed by atoms with E-state index >= 15 is 0 Å². The number of thiazole rings is 1. The second kappa shape index (κ2) is 8.60. The summed E-state index contributed by atoms with van der Waals surface area (Å²) in [6.07, 6.45) is 0. The number of carbonyl (C=O) groups excluding carboxylic acids is 1. The summed E-state index contributed by atoms with van der Waals surface area (Å²) in [5.74, 6) is -0.375. The van der Waals surface area contributed by atoms with E-state index in [-0.39, 0.29) is 22.2 Å². The Bertz CT molecular complexity index is 1470. The molecule has 0 bridgehead atoms. The standard InChI is InChI=1S/C23H21N3O4S2/c1-15-7-12-19(16(2)13-15)25-32(29,30)18-10-8-17(9-11-18)24-22(27)14-26-20-5-3-4-6-21(20)31-23(26)28/h3-13,25H,14H2,1-2H3,(H,24,27). The quantitative estimate of drug-likeness (QED) is 0.446. The first-order chi connectivity index (χ1) is 15.2. The lowest BCUT2D eigenvalue weighted by atomic mass is 10.1. The molecule has 1 heterocycles. The first kappa shape index (κ1) is 21.8. The molecule has 0 saturated carbocycles. The van der Waals surface area contributed by atoms with E-state index in [9.17, 15) is 18.0 Å². The van der Waals surface area contributed by atoms with Crippen molar-refractivity contribution >= 4 is 48.9 Å². The molecular weight excluding hydrogens is 446 g/mol. The highest BCUT2D eigenvalue weighted by Gasteiger charge is 2.16. The van der Waals surface area contributed by atoms with Crippen LogP contribution in [0.3, 0.4) is 0 Å². The number of aromatic nitrogens is 1. The number of rotatable bonds is 6. The Morgan fingerprint density at radius 2 is 1.72 bits per heavy atom. The Balaban J connectivity index is 1.46. The van der Waals surface area contributed by atoms with Gasteiger partial charge in [0.2, 0.25) is 5.91 Å². The molecule has 7 nitrogen and oxygen atoms in total. The van der Waals surface area contributed by atoms with Crippen LogP contribution >= 0.6 is 11.3 Å². The average Bonchev–Trinajstić information content (AvgIpc) is 3.05. The van der Waals surface area contributed by atoms with E-state index in [1.54, 1.807) is 12.1 Å². The molecule has 0 saturated heterocycles. The first-order valence-corrected chi connectivity index (χ1v) is 12.1. The molecule has 0 unspecified atom stereocenters. The Labute approximate surface area is 189 Å². The van der Waals surface area contributed by atoms with Crippen LogP contribution in [0.1, 0.15) is 11.1 Å². The molecule has 32 heavy (non-hydrogen) atoms. The topological polar surface area (TPSA) is 97.3 Å². The van der Waals surface area contributed by atoms with Crippen molar-refractivity contribution in [2.75, 3.05) is 10.0 Å². The molecule has 0 aliphatic rings. The molecule has 0 radical (unpaired) electrons. The van der Waals surface area contributed by atoms with Crippen LogP contribution in [-0.4, -0.2) is 18.9 Å². The fourth-order valence-electron chi connectivity index (χ4n) is 3.36. The van der Waals surface area contributed by atoms with Crippen LogP contribution in [0, 0.1) is 13.8 Å². The molecule has 4 rings (SSSR count). The predicted octanol–water partition coefficient (Wildman–Crippen LogP) is 4.12. The maximum absolute atomic E-state index is 12.7. The van der Waals surface area contributed by atoms with Gasteiger partial charge in [-0.2, -0.15) is 0 Å². The second-order valence-corrected chi connectivity index (χ2v) is 10.1. The minimum Gasteiger partial charge on any atom is -0.325 e. The van der Waals surface area contributed by atoms with Gasteiger partial charge in [0.05, 0.1) is 20.8 Å². The van der Waals surface area contributed by atoms with Gasteiger partial charge in [-0.1, -0.05) is 41.2 Å². The minimum atomic E-state index is -3.77. The van der Waals surface area contributed by atoms with Crippen molar-refractivity contribution in [3.8, 4) is 0 Å². The van der Waals surface area contributed by atoms with Crippen molar-refractivity contribution in [2.45, 2.75) is 25.3 Å².